The van der Waals surface area contributed by atoms with Crippen molar-refractivity contribution < 1.29 is 29.0 Å². The predicted molar refractivity (Wildman–Crippen MR) is 113 cm³/mol. The average molecular weight is 449 g/mol. The lowest BCUT2D eigenvalue weighted by Crippen LogP contribution is -2.29. The van der Waals surface area contributed by atoms with Crippen molar-refractivity contribution in [2.45, 2.75) is 12.6 Å². The lowest BCUT2D eigenvalue weighted by molar-refractivity contribution is -0.385. The third-order valence-corrected chi connectivity index (χ3v) is 5.17. The van der Waals surface area contributed by atoms with Gasteiger partial charge in [0.05, 0.1) is 34.3 Å². The quantitative estimate of drug-likeness (QED) is 0.196. The molecule has 1 amide bonds. The van der Waals surface area contributed by atoms with Gasteiger partial charge in [-0.25, -0.2) is 0 Å². The highest BCUT2D eigenvalue weighted by molar-refractivity contribution is 6.46. The highest BCUT2D eigenvalue weighted by Gasteiger charge is 2.46. The Labute approximate surface area is 185 Å². The van der Waals surface area contributed by atoms with Gasteiger partial charge in [-0.15, -0.1) is 0 Å². The van der Waals surface area contributed by atoms with Crippen LogP contribution in [0, 0.1) is 20.2 Å². The molecule has 0 spiro atoms. The summed E-state index contributed by atoms with van der Waals surface area (Å²) in [6.07, 6.45) is 1.39. The van der Waals surface area contributed by atoms with Crippen LogP contribution >= 0.6 is 0 Å². The van der Waals surface area contributed by atoms with Gasteiger partial charge in [-0.1, -0.05) is 24.3 Å². The van der Waals surface area contributed by atoms with Crippen LogP contribution in [0.1, 0.15) is 22.9 Å². The molecule has 1 atom stereocenters. The van der Waals surface area contributed by atoms with E-state index < -0.39 is 33.3 Å². The Balaban J connectivity index is 1.91. The molecular formula is C22H15N3O8. The summed E-state index contributed by atoms with van der Waals surface area (Å²) in [5, 5.41) is 33.4. The van der Waals surface area contributed by atoms with Gasteiger partial charge in [0.2, 0.25) is 0 Å². The van der Waals surface area contributed by atoms with E-state index in [1.54, 1.807) is 12.1 Å². The second-order valence-electron chi connectivity index (χ2n) is 7.17. The van der Waals surface area contributed by atoms with Gasteiger partial charge in [-0.2, -0.15) is 0 Å². The Morgan fingerprint density at radius 3 is 2.27 bits per heavy atom. The minimum absolute atomic E-state index is 0.0457. The number of ketones is 1. The summed E-state index contributed by atoms with van der Waals surface area (Å²) < 4.78 is 5.28. The average Bonchev–Trinajstić information content (AvgIpc) is 3.41. The number of nitrogens with zero attached hydrogens (tertiary/aromatic N) is 3. The maximum Gasteiger partial charge on any atom is 0.296 e. The van der Waals surface area contributed by atoms with Gasteiger partial charge in [0.15, 0.2) is 0 Å². The second-order valence-corrected chi connectivity index (χ2v) is 7.17. The van der Waals surface area contributed by atoms with Gasteiger partial charge in [0, 0.05) is 29.8 Å². The molecule has 0 unspecified atom stereocenters. The van der Waals surface area contributed by atoms with E-state index >= 15 is 0 Å². The van der Waals surface area contributed by atoms with Crippen LogP contribution in [0.3, 0.4) is 0 Å². The summed E-state index contributed by atoms with van der Waals surface area (Å²) in [5.74, 6) is -2.25. The number of furan rings is 1. The molecule has 1 fully saturated rings. The largest absolute Gasteiger partial charge is 0.507 e. The first-order valence-electron chi connectivity index (χ1n) is 9.58. The standard InChI is InChI=1S/C22H15N3O8/c26-20(14-5-2-7-16(11-14)25(31)32)18-19(13-4-1-6-15(10-13)24(29)30)23(22(28)21(18)27)12-17-8-3-9-33-17/h1-11,19,26H,12H2/b20-18+/t19-/m1/s1. The fraction of sp³-hybridized carbons (Fsp3) is 0.0909. The monoisotopic (exact) mass is 449 g/mol. The van der Waals surface area contributed by atoms with Crippen LogP contribution in [-0.2, 0) is 16.1 Å². The maximum absolute atomic E-state index is 13.0. The van der Waals surface area contributed by atoms with Gasteiger partial charge in [0.1, 0.15) is 11.5 Å². The van der Waals surface area contributed by atoms with Crippen LogP contribution in [0.2, 0.25) is 0 Å². The van der Waals surface area contributed by atoms with Crippen LogP contribution < -0.4 is 0 Å². The Bertz CT molecular complexity index is 1310. The highest BCUT2D eigenvalue weighted by Crippen LogP contribution is 2.41. The fourth-order valence-electron chi connectivity index (χ4n) is 3.69. The number of amides is 1. The van der Waals surface area contributed by atoms with E-state index in [1.807, 2.05) is 0 Å². The van der Waals surface area contributed by atoms with Crippen LogP contribution in [-0.4, -0.2) is 31.5 Å². The zero-order chi connectivity index (χ0) is 23.7. The highest BCUT2D eigenvalue weighted by atomic mass is 16.6. The third-order valence-electron chi connectivity index (χ3n) is 5.17. The molecule has 2 aromatic carbocycles. The summed E-state index contributed by atoms with van der Waals surface area (Å²) in [5.41, 5.74) is -0.771. The van der Waals surface area contributed by atoms with E-state index in [-0.39, 0.29) is 34.6 Å². The van der Waals surface area contributed by atoms with E-state index in [0.717, 1.165) is 11.0 Å². The first kappa shape index (κ1) is 21.4. The number of nitro benzene ring substituents is 2. The first-order chi connectivity index (χ1) is 15.8. The molecule has 1 saturated heterocycles. The molecule has 1 N–H and O–H groups in total. The number of hydrogen-bond acceptors (Lipinski definition) is 8. The summed E-state index contributed by atoms with van der Waals surface area (Å²) in [7, 11) is 0. The number of hydrogen-bond donors (Lipinski definition) is 1. The van der Waals surface area contributed by atoms with E-state index in [2.05, 4.69) is 0 Å². The third kappa shape index (κ3) is 3.94. The minimum atomic E-state index is -1.19. The topological polar surface area (TPSA) is 157 Å². The molecule has 0 saturated carbocycles. The van der Waals surface area contributed by atoms with Crippen LogP contribution in [0.4, 0.5) is 11.4 Å². The van der Waals surface area contributed by atoms with Crippen LogP contribution in [0.15, 0.2) is 76.9 Å². The van der Waals surface area contributed by atoms with Gasteiger partial charge >= 0.3 is 0 Å². The van der Waals surface area contributed by atoms with Crippen molar-refractivity contribution in [3.63, 3.8) is 0 Å². The lowest BCUT2D eigenvalue weighted by Gasteiger charge is -2.24. The number of aliphatic hydroxyl groups is 1. The molecule has 1 aliphatic heterocycles. The Hall–Kier alpha value is -4.80. The molecule has 0 aliphatic carbocycles. The second kappa shape index (κ2) is 8.38. The Kier molecular flexibility index (Phi) is 5.44. The molecule has 0 bridgehead atoms. The van der Waals surface area contributed by atoms with Crippen molar-refractivity contribution in [3.05, 3.63) is 110 Å². The molecule has 1 aromatic heterocycles. The molecule has 1 aliphatic rings. The van der Waals surface area contributed by atoms with Crippen molar-refractivity contribution in [3.8, 4) is 0 Å². The van der Waals surface area contributed by atoms with Crippen LogP contribution in [0.5, 0.6) is 0 Å². The zero-order valence-electron chi connectivity index (χ0n) is 16.8. The van der Waals surface area contributed by atoms with Gasteiger partial charge < -0.3 is 14.4 Å². The van der Waals surface area contributed by atoms with Crippen LogP contribution in [0.25, 0.3) is 5.76 Å². The first-order valence-corrected chi connectivity index (χ1v) is 9.58. The molecule has 3 aromatic rings. The van der Waals surface area contributed by atoms with Gasteiger partial charge in [0.25, 0.3) is 23.1 Å². The van der Waals surface area contributed by atoms with Crippen molar-refractivity contribution in [2.24, 2.45) is 0 Å². The predicted octanol–water partition coefficient (Wildman–Crippen LogP) is 3.72. The van der Waals surface area contributed by atoms with E-state index in [0.29, 0.717) is 5.76 Å². The number of rotatable bonds is 6. The van der Waals surface area contributed by atoms with Gasteiger partial charge in [-0.05, 0) is 17.7 Å². The summed E-state index contributed by atoms with van der Waals surface area (Å²) in [6, 6.07) is 12.3. The zero-order valence-corrected chi connectivity index (χ0v) is 16.8. The molecule has 0 radical (unpaired) electrons. The smallest absolute Gasteiger partial charge is 0.296 e. The molecule has 11 nitrogen and oxygen atoms in total. The van der Waals surface area contributed by atoms with Crippen molar-refractivity contribution >= 4 is 28.8 Å². The molecule has 11 heteroatoms. The molecule has 4 rings (SSSR count). The van der Waals surface area contributed by atoms with E-state index in [4.69, 9.17) is 4.42 Å². The number of benzene rings is 2. The molecule has 33 heavy (non-hydrogen) atoms. The summed E-state index contributed by atoms with van der Waals surface area (Å²) in [4.78, 5) is 48.1. The Morgan fingerprint density at radius 1 is 0.970 bits per heavy atom. The van der Waals surface area contributed by atoms with Gasteiger partial charge in [-0.3, -0.25) is 29.8 Å². The number of likely N-dealkylation sites (tertiary alicyclic amines) is 1. The normalized spacial score (nSPS) is 17.3. The Morgan fingerprint density at radius 2 is 1.64 bits per heavy atom. The van der Waals surface area contributed by atoms with Crippen molar-refractivity contribution in [2.75, 3.05) is 0 Å². The van der Waals surface area contributed by atoms with E-state index in [1.165, 1.54) is 48.7 Å². The summed E-state index contributed by atoms with van der Waals surface area (Å²) in [6.45, 7) is -0.142. The maximum atomic E-state index is 13.0. The van der Waals surface area contributed by atoms with Crippen molar-refractivity contribution in [1.29, 1.82) is 0 Å². The number of Topliss-reactive ketones (excluding diaryl/α,β-unsaturated/α-hetero) is 1. The number of non-ortho nitro benzene ring substituents is 2. The van der Waals surface area contributed by atoms with E-state index in [9.17, 15) is 34.9 Å². The number of carbonyl (C=O) groups is 2. The number of aliphatic hydroxyl groups excluding tert-OH is 1. The fourth-order valence-corrected chi connectivity index (χ4v) is 3.69. The molecular weight excluding hydrogens is 434 g/mol. The minimum Gasteiger partial charge on any atom is -0.507 e. The SMILES string of the molecule is O=C1C(=O)N(Cc2ccco2)[C@H](c2cccc([N+](=O)[O-])c2)/C1=C(\O)c1cccc([N+](=O)[O-])c1. The number of carbonyl (C=O) groups excluding carboxylic acids is 2. The molecule has 166 valence electrons. The van der Waals surface area contributed by atoms with Crippen molar-refractivity contribution in [1.82, 2.24) is 4.90 Å². The molecule has 2 heterocycles. The lowest BCUT2D eigenvalue weighted by atomic mass is 9.95. The number of nitro groups is 2. The summed E-state index contributed by atoms with van der Waals surface area (Å²) >= 11 is 0.